The summed E-state index contributed by atoms with van der Waals surface area (Å²) in [4.78, 5) is 28.9. The van der Waals surface area contributed by atoms with Crippen LogP contribution in [-0.2, 0) is 20.9 Å². The average molecular weight is 344 g/mol. The maximum absolute atomic E-state index is 12.4. The van der Waals surface area contributed by atoms with E-state index in [0.717, 1.165) is 44.3 Å². The van der Waals surface area contributed by atoms with E-state index in [-0.39, 0.29) is 17.9 Å². The van der Waals surface area contributed by atoms with E-state index in [1.165, 1.54) is 0 Å². The third kappa shape index (κ3) is 4.60. The van der Waals surface area contributed by atoms with Gasteiger partial charge in [0.25, 0.3) is 0 Å². The van der Waals surface area contributed by atoms with Crippen molar-refractivity contribution in [1.82, 2.24) is 9.80 Å². The number of hydrogen-bond donors (Lipinski definition) is 0. The van der Waals surface area contributed by atoms with Crippen LogP contribution in [-0.4, -0.2) is 53.4 Å². The Kier molecular flexibility index (Phi) is 6.08. The molecule has 0 aromatic heterocycles. The highest BCUT2D eigenvalue weighted by Gasteiger charge is 2.33. The van der Waals surface area contributed by atoms with Crippen molar-refractivity contribution in [1.29, 1.82) is 0 Å². The van der Waals surface area contributed by atoms with Gasteiger partial charge in [-0.1, -0.05) is 30.3 Å². The monoisotopic (exact) mass is 344 g/mol. The van der Waals surface area contributed by atoms with Crippen LogP contribution in [0, 0.1) is 0 Å². The molecule has 5 heteroatoms. The second kappa shape index (κ2) is 8.48. The maximum Gasteiger partial charge on any atom is 0.323 e. The molecule has 3 rings (SSSR count). The molecule has 136 valence electrons. The van der Waals surface area contributed by atoms with Gasteiger partial charge in [0.05, 0.1) is 0 Å². The minimum absolute atomic E-state index is 0.164. The summed E-state index contributed by atoms with van der Waals surface area (Å²) in [6.07, 6.45) is 4.50. The van der Waals surface area contributed by atoms with E-state index in [9.17, 15) is 9.59 Å². The Bertz CT molecular complexity index is 590. The molecule has 0 bridgehead atoms. The average Bonchev–Trinajstić information content (AvgIpc) is 3.27. The molecule has 2 aliphatic heterocycles. The molecule has 2 aliphatic rings. The molecule has 0 radical (unpaired) electrons. The van der Waals surface area contributed by atoms with Crippen LogP contribution in [0.4, 0.5) is 0 Å². The number of hydrogen-bond acceptors (Lipinski definition) is 4. The van der Waals surface area contributed by atoms with Crippen molar-refractivity contribution >= 4 is 11.9 Å². The molecule has 0 unspecified atom stereocenters. The summed E-state index contributed by atoms with van der Waals surface area (Å²) in [5, 5.41) is 0. The van der Waals surface area contributed by atoms with Crippen molar-refractivity contribution in [2.75, 3.05) is 19.6 Å². The lowest BCUT2D eigenvalue weighted by molar-refractivity contribution is -0.150. The van der Waals surface area contributed by atoms with Gasteiger partial charge < -0.3 is 9.64 Å². The van der Waals surface area contributed by atoms with Gasteiger partial charge in [-0.15, -0.1) is 0 Å². The molecule has 1 aromatic carbocycles. The van der Waals surface area contributed by atoms with Crippen LogP contribution in [0.25, 0.3) is 0 Å². The number of likely N-dealkylation sites (tertiary alicyclic amines) is 2. The number of rotatable bonds is 6. The summed E-state index contributed by atoms with van der Waals surface area (Å²) in [7, 11) is 0. The molecule has 2 atom stereocenters. The van der Waals surface area contributed by atoms with Gasteiger partial charge in [0.2, 0.25) is 5.91 Å². The maximum atomic E-state index is 12.4. The van der Waals surface area contributed by atoms with E-state index in [2.05, 4.69) is 11.8 Å². The fourth-order valence-corrected chi connectivity index (χ4v) is 3.87. The second-order valence-electron chi connectivity index (χ2n) is 7.12. The van der Waals surface area contributed by atoms with Gasteiger partial charge in [-0.05, 0) is 44.7 Å². The first kappa shape index (κ1) is 17.9. The Hall–Kier alpha value is -1.88. The third-order valence-electron chi connectivity index (χ3n) is 5.35. The molecule has 0 saturated carbocycles. The number of carbonyl (C=O) groups excluding carboxylic acids is 2. The van der Waals surface area contributed by atoms with E-state index in [0.29, 0.717) is 25.6 Å². The minimum Gasteiger partial charge on any atom is -0.460 e. The summed E-state index contributed by atoms with van der Waals surface area (Å²) in [6, 6.07) is 9.89. The highest BCUT2D eigenvalue weighted by molar-refractivity contribution is 5.78. The van der Waals surface area contributed by atoms with Gasteiger partial charge >= 0.3 is 5.97 Å². The second-order valence-corrected chi connectivity index (χ2v) is 7.12. The SMILES string of the molecule is C[C@@H]1CCCN1C(=O)CCN1CCC[C@H]1C(=O)OCc1ccccc1. The largest absolute Gasteiger partial charge is 0.460 e. The number of benzene rings is 1. The predicted molar refractivity (Wildman–Crippen MR) is 95.9 cm³/mol. The Labute approximate surface area is 149 Å². The molecule has 5 nitrogen and oxygen atoms in total. The highest BCUT2D eigenvalue weighted by atomic mass is 16.5. The van der Waals surface area contributed by atoms with Crippen LogP contribution in [0.3, 0.4) is 0 Å². The molecule has 2 saturated heterocycles. The van der Waals surface area contributed by atoms with Crippen molar-refractivity contribution in [3.05, 3.63) is 35.9 Å². The van der Waals surface area contributed by atoms with Crippen LogP contribution in [0.1, 0.15) is 44.6 Å². The predicted octanol–water partition coefficient (Wildman–Crippen LogP) is 2.60. The number of ether oxygens (including phenoxy) is 1. The summed E-state index contributed by atoms with van der Waals surface area (Å²) in [6.45, 7) is 4.82. The Morgan fingerprint density at radius 2 is 1.88 bits per heavy atom. The first-order valence-corrected chi connectivity index (χ1v) is 9.39. The molecule has 0 N–H and O–H groups in total. The van der Waals surface area contributed by atoms with E-state index in [1.54, 1.807) is 0 Å². The molecule has 1 aromatic rings. The van der Waals surface area contributed by atoms with E-state index in [4.69, 9.17) is 4.74 Å². The quantitative estimate of drug-likeness (QED) is 0.745. The molecule has 2 heterocycles. The van der Waals surface area contributed by atoms with Crippen molar-refractivity contribution < 1.29 is 14.3 Å². The van der Waals surface area contributed by atoms with Crippen molar-refractivity contribution in [2.45, 2.75) is 57.7 Å². The number of nitrogens with zero attached hydrogens (tertiary/aromatic N) is 2. The topological polar surface area (TPSA) is 49.9 Å². The van der Waals surface area contributed by atoms with Crippen LogP contribution in [0.15, 0.2) is 30.3 Å². The minimum atomic E-state index is -0.201. The number of carbonyl (C=O) groups is 2. The lowest BCUT2D eigenvalue weighted by Gasteiger charge is -2.25. The number of amides is 1. The van der Waals surface area contributed by atoms with Gasteiger partial charge in [-0.25, -0.2) is 0 Å². The molecule has 0 aliphatic carbocycles. The lowest BCUT2D eigenvalue weighted by atomic mass is 10.2. The van der Waals surface area contributed by atoms with Gasteiger partial charge in [0.15, 0.2) is 0 Å². The lowest BCUT2D eigenvalue weighted by Crippen LogP contribution is -2.41. The normalized spacial score (nSPS) is 23.8. The molecule has 2 fully saturated rings. The molecular weight excluding hydrogens is 316 g/mol. The van der Waals surface area contributed by atoms with E-state index < -0.39 is 0 Å². The molecular formula is C20H28N2O3. The van der Waals surface area contributed by atoms with Gasteiger partial charge in [-0.3, -0.25) is 14.5 Å². The van der Waals surface area contributed by atoms with Crippen molar-refractivity contribution in [3.63, 3.8) is 0 Å². The zero-order valence-electron chi connectivity index (χ0n) is 15.0. The van der Waals surface area contributed by atoms with Gasteiger partial charge in [-0.2, -0.15) is 0 Å². The molecule has 0 spiro atoms. The zero-order valence-corrected chi connectivity index (χ0v) is 15.0. The van der Waals surface area contributed by atoms with Crippen LogP contribution < -0.4 is 0 Å². The molecule has 25 heavy (non-hydrogen) atoms. The van der Waals surface area contributed by atoms with Crippen molar-refractivity contribution in [3.8, 4) is 0 Å². The Balaban J connectivity index is 1.46. The van der Waals surface area contributed by atoms with Crippen molar-refractivity contribution in [2.24, 2.45) is 0 Å². The van der Waals surface area contributed by atoms with Crippen LogP contribution in [0.5, 0.6) is 0 Å². The third-order valence-corrected chi connectivity index (χ3v) is 5.35. The van der Waals surface area contributed by atoms with E-state index in [1.807, 2.05) is 35.2 Å². The first-order valence-electron chi connectivity index (χ1n) is 9.39. The Morgan fingerprint density at radius 3 is 2.60 bits per heavy atom. The standard InChI is InChI=1S/C20H28N2O3/c1-16-7-5-13-22(16)19(23)11-14-21-12-6-10-18(21)20(24)25-15-17-8-3-2-4-9-17/h2-4,8-9,16,18H,5-7,10-15H2,1H3/t16-,18+/m1/s1. The van der Waals surface area contributed by atoms with E-state index >= 15 is 0 Å². The van der Waals surface area contributed by atoms with Gasteiger partial charge in [0.1, 0.15) is 12.6 Å². The molecule has 1 amide bonds. The van der Waals surface area contributed by atoms with Crippen LogP contribution in [0.2, 0.25) is 0 Å². The van der Waals surface area contributed by atoms with Gasteiger partial charge in [0, 0.05) is 25.6 Å². The fraction of sp³-hybridized carbons (Fsp3) is 0.600. The summed E-state index contributed by atoms with van der Waals surface area (Å²) in [5.41, 5.74) is 0.999. The summed E-state index contributed by atoms with van der Waals surface area (Å²) in [5.74, 6) is 0.0524. The first-order chi connectivity index (χ1) is 12.1. The highest BCUT2D eigenvalue weighted by Crippen LogP contribution is 2.21. The smallest absolute Gasteiger partial charge is 0.323 e. The van der Waals surface area contributed by atoms with Crippen LogP contribution >= 0.6 is 0 Å². The summed E-state index contributed by atoms with van der Waals surface area (Å²) < 4.78 is 5.49. The number of esters is 1. The summed E-state index contributed by atoms with van der Waals surface area (Å²) >= 11 is 0. The Morgan fingerprint density at radius 1 is 1.12 bits per heavy atom. The zero-order chi connectivity index (χ0) is 17.6. The fourth-order valence-electron chi connectivity index (χ4n) is 3.87.